The van der Waals surface area contributed by atoms with E-state index in [0.717, 1.165) is 57.8 Å². The van der Waals surface area contributed by atoms with Crippen molar-refractivity contribution in [2.24, 2.45) is 0 Å². The molecule has 0 aromatic carbocycles. The third-order valence-electron chi connectivity index (χ3n) is 17.6. The number of aliphatic hydroxyl groups excluding tert-OH is 2. The van der Waals surface area contributed by atoms with Crippen molar-refractivity contribution in [3.63, 3.8) is 0 Å². The molecule has 0 aliphatic carbocycles. The Morgan fingerprint density at radius 3 is 0.952 bits per heavy atom. The number of allylic oxidation sites excluding steroid dienone is 8. The highest BCUT2D eigenvalue weighted by molar-refractivity contribution is 5.76. The fourth-order valence-electron chi connectivity index (χ4n) is 11.8. The molecule has 0 saturated carbocycles. The van der Waals surface area contributed by atoms with Crippen molar-refractivity contribution in [2.75, 3.05) is 13.2 Å². The summed E-state index contributed by atoms with van der Waals surface area (Å²) in [5, 5.41) is 23.4. The van der Waals surface area contributed by atoms with Crippen molar-refractivity contribution in [3.8, 4) is 0 Å². The highest BCUT2D eigenvalue weighted by Gasteiger charge is 2.20. The molecule has 6 nitrogen and oxygen atoms in total. The van der Waals surface area contributed by atoms with E-state index < -0.39 is 12.1 Å². The summed E-state index contributed by atoms with van der Waals surface area (Å²) >= 11 is 0. The summed E-state index contributed by atoms with van der Waals surface area (Å²) in [5.74, 6) is -0.0298. The number of rotatable bonds is 71. The van der Waals surface area contributed by atoms with E-state index in [9.17, 15) is 19.8 Å². The lowest BCUT2D eigenvalue weighted by molar-refractivity contribution is -0.143. The van der Waals surface area contributed by atoms with Crippen molar-refractivity contribution in [2.45, 2.75) is 424 Å². The molecule has 494 valence electrons. The molecule has 1 amide bonds. The second kappa shape index (κ2) is 73.3. The lowest BCUT2D eigenvalue weighted by Crippen LogP contribution is -2.45. The van der Waals surface area contributed by atoms with E-state index in [1.54, 1.807) is 0 Å². The van der Waals surface area contributed by atoms with Crippen molar-refractivity contribution in [1.29, 1.82) is 0 Å². The van der Waals surface area contributed by atoms with Gasteiger partial charge in [-0.1, -0.05) is 364 Å². The van der Waals surface area contributed by atoms with Gasteiger partial charge in [-0.05, 0) is 83.5 Å². The number of ether oxygens (including phenoxy) is 1. The summed E-state index contributed by atoms with van der Waals surface area (Å²) in [5.41, 5.74) is 0. The molecule has 84 heavy (non-hydrogen) atoms. The van der Waals surface area contributed by atoms with Crippen LogP contribution in [-0.2, 0) is 14.3 Å². The number of carbonyl (C=O) groups is 2. The average molecular weight is 1180 g/mol. The molecule has 0 rings (SSSR count). The van der Waals surface area contributed by atoms with Crippen molar-refractivity contribution < 1.29 is 24.5 Å². The summed E-state index contributed by atoms with van der Waals surface area (Å²) in [7, 11) is 0. The number of amides is 1. The third-order valence-corrected chi connectivity index (χ3v) is 17.6. The van der Waals surface area contributed by atoms with Gasteiger partial charge in [0.1, 0.15) is 0 Å². The maximum Gasteiger partial charge on any atom is 0.305 e. The van der Waals surface area contributed by atoms with Crippen LogP contribution in [0.4, 0.5) is 0 Å². The topological polar surface area (TPSA) is 95.9 Å². The van der Waals surface area contributed by atoms with E-state index in [1.807, 2.05) is 0 Å². The van der Waals surface area contributed by atoms with Gasteiger partial charge in [-0.25, -0.2) is 0 Å². The van der Waals surface area contributed by atoms with Gasteiger partial charge in [-0.15, -0.1) is 0 Å². The highest BCUT2D eigenvalue weighted by Crippen LogP contribution is 2.19. The second-order valence-electron chi connectivity index (χ2n) is 26.0. The summed E-state index contributed by atoms with van der Waals surface area (Å²) in [6.07, 6.45) is 96.1. The zero-order valence-corrected chi connectivity index (χ0v) is 56.6. The minimum absolute atomic E-state index is 0.000986. The predicted molar refractivity (Wildman–Crippen MR) is 370 cm³/mol. The number of unbranched alkanes of at least 4 members (excludes halogenated alkanes) is 52. The van der Waals surface area contributed by atoms with Crippen LogP contribution >= 0.6 is 0 Å². The molecule has 0 heterocycles. The number of esters is 1. The molecule has 0 fully saturated rings. The van der Waals surface area contributed by atoms with Gasteiger partial charge in [0.25, 0.3) is 0 Å². The van der Waals surface area contributed by atoms with Gasteiger partial charge in [-0.2, -0.15) is 0 Å². The van der Waals surface area contributed by atoms with Crippen LogP contribution in [0.1, 0.15) is 412 Å². The number of hydrogen-bond acceptors (Lipinski definition) is 5. The van der Waals surface area contributed by atoms with Crippen LogP contribution < -0.4 is 5.32 Å². The number of hydrogen-bond donors (Lipinski definition) is 3. The van der Waals surface area contributed by atoms with Crippen LogP contribution in [0, 0.1) is 0 Å². The predicted octanol–water partition coefficient (Wildman–Crippen LogP) is 24.8. The first kappa shape index (κ1) is 81.8. The molecule has 0 bridgehead atoms. The molecule has 0 aliphatic rings. The summed E-state index contributed by atoms with van der Waals surface area (Å²) in [6, 6.07) is -0.542. The third kappa shape index (κ3) is 68.9. The Kier molecular flexibility index (Phi) is 71.4. The minimum atomic E-state index is -0.665. The lowest BCUT2D eigenvalue weighted by Gasteiger charge is -2.22. The first-order valence-electron chi connectivity index (χ1n) is 37.9. The molecule has 0 aliphatic heterocycles. The Labute approximate surface area is 525 Å². The first-order valence-corrected chi connectivity index (χ1v) is 37.9. The van der Waals surface area contributed by atoms with Crippen molar-refractivity contribution in [1.82, 2.24) is 5.32 Å². The van der Waals surface area contributed by atoms with Crippen LogP contribution in [0.5, 0.6) is 0 Å². The maximum absolute atomic E-state index is 12.6. The molecular weight excluding hydrogens is 1030 g/mol. The smallest absolute Gasteiger partial charge is 0.305 e. The monoisotopic (exact) mass is 1180 g/mol. The number of carbonyl (C=O) groups excluding carboxylic acids is 2. The minimum Gasteiger partial charge on any atom is -0.466 e. The Balaban J connectivity index is 3.39. The standard InChI is InChI=1S/C78H147NO5/c1-3-5-7-9-11-13-15-17-18-19-20-34-37-40-43-47-50-54-58-62-66-70-76(81)75(74-80)79-77(82)71-67-63-59-55-51-48-44-41-38-35-32-30-28-26-24-22-21-23-25-27-29-31-33-36-39-42-45-49-53-57-61-65-69-73-84-78(83)72-68-64-60-56-52-46-16-14-12-10-8-6-4-2/h8,10,14,16,25,27,31,33,75-76,80-81H,3-7,9,11-13,15,17-24,26,28-30,32,34-74H2,1-2H3,(H,79,82)/b10-8-,16-14-,27-25-,33-31-. The molecule has 2 unspecified atom stereocenters. The molecule has 6 heteroatoms. The van der Waals surface area contributed by atoms with Crippen LogP contribution in [0.25, 0.3) is 0 Å². The molecule has 0 aromatic heterocycles. The van der Waals surface area contributed by atoms with Gasteiger partial charge in [0.05, 0.1) is 25.4 Å². The van der Waals surface area contributed by atoms with Crippen molar-refractivity contribution >= 4 is 11.9 Å². The molecule has 0 spiro atoms. The summed E-state index contributed by atoms with van der Waals surface area (Å²) < 4.78 is 5.47. The molecule has 0 aromatic rings. The van der Waals surface area contributed by atoms with Crippen LogP contribution in [0.15, 0.2) is 48.6 Å². The Morgan fingerprint density at radius 1 is 0.333 bits per heavy atom. The molecular formula is C78H147NO5. The summed E-state index contributed by atoms with van der Waals surface area (Å²) in [6.45, 7) is 4.92. The largest absolute Gasteiger partial charge is 0.466 e. The Hall–Kier alpha value is -2.18. The number of nitrogens with one attached hydrogen (secondary N) is 1. The van der Waals surface area contributed by atoms with E-state index in [1.165, 1.54) is 321 Å². The first-order chi connectivity index (χ1) is 41.5. The van der Waals surface area contributed by atoms with E-state index in [-0.39, 0.29) is 18.5 Å². The maximum atomic E-state index is 12.6. The van der Waals surface area contributed by atoms with Gasteiger partial charge in [0.15, 0.2) is 0 Å². The van der Waals surface area contributed by atoms with Gasteiger partial charge in [0, 0.05) is 12.8 Å². The quantitative estimate of drug-likeness (QED) is 0.0320. The molecule has 2 atom stereocenters. The van der Waals surface area contributed by atoms with E-state index in [4.69, 9.17) is 4.74 Å². The SMILES string of the molecule is CCC/C=C\C/C=C\CCCCCCCC(=O)OCCCCCCCCCCC/C=C\C/C=C\CCCCCCCCCCCCCCCCCCCC(=O)NC(CO)C(O)CCCCCCCCCCCCCCCCCCCCCCC. The Morgan fingerprint density at radius 2 is 0.619 bits per heavy atom. The van der Waals surface area contributed by atoms with E-state index >= 15 is 0 Å². The second-order valence-corrected chi connectivity index (χ2v) is 26.0. The van der Waals surface area contributed by atoms with Crippen LogP contribution in [0.3, 0.4) is 0 Å². The fourth-order valence-corrected chi connectivity index (χ4v) is 11.8. The average Bonchev–Trinajstić information content (AvgIpc) is 3.51. The van der Waals surface area contributed by atoms with Gasteiger partial charge >= 0.3 is 5.97 Å². The molecule has 0 radical (unpaired) electrons. The van der Waals surface area contributed by atoms with Gasteiger partial charge < -0.3 is 20.3 Å². The van der Waals surface area contributed by atoms with Gasteiger partial charge in [-0.3, -0.25) is 9.59 Å². The van der Waals surface area contributed by atoms with Crippen molar-refractivity contribution in [3.05, 3.63) is 48.6 Å². The Bertz CT molecular complexity index is 1400. The highest BCUT2D eigenvalue weighted by atomic mass is 16.5. The van der Waals surface area contributed by atoms with Crippen LogP contribution in [0.2, 0.25) is 0 Å². The van der Waals surface area contributed by atoms with Crippen LogP contribution in [-0.4, -0.2) is 47.4 Å². The fraction of sp³-hybridized carbons (Fsp3) is 0.872. The zero-order valence-electron chi connectivity index (χ0n) is 56.6. The van der Waals surface area contributed by atoms with Gasteiger partial charge in [0.2, 0.25) is 5.91 Å². The van der Waals surface area contributed by atoms with E-state index in [0.29, 0.717) is 25.9 Å². The normalized spacial score (nSPS) is 12.8. The lowest BCUT2D eigenvalue weighted by atomic mass is 10.0. The molecule has 3 N–H and O–H groups in total. The van der Waals surface area contributed by atoms with E-state index in [2.05, 4.69) is 67.8 Å². The zero-order chi connectivity index (χ0) is 60.6. The number of aliphatic hydroxyl groups is 2. The molecule has 0 saturated heterocycles. The summed E-state index contributed by atoms with van der Waals surface area (Å²) in [4.78, 5) is 24.6.